The molecule has 1 rings (SSSR count). The van der Waals surface area contributed by atoms with Crippen LogP contribution in [0, 0.1) is 0 Å². The smallest absolute Gasteiger partial charge is 0.216 e. The minimum atomic E-state index is 0.0956. The van der Waals surface area contributed by atoms with Gasteiger partial charge < -0.3 is 4.74 Å². The van der Waals surface area contributed by atoms with Crippen molar-refractivity contribution in [1.29, 1.82) is 0 Å². The molecule has 0 amide bonds. The molecule has 1 aromatic heterocycles. The van der Waals surface area contributed by atoms with Crippen molar-refractivity contribution in [1.82, 2.24) is 4.98 Å². The van der Waals surface area contributed by atoms with E-state index in [4.69, 9.17) is 4.74 Å². The molecule has 70 valence electrons. The Morgan fingerprint density at radius 3 is 2.92 bits per heavy atom. The Kier molecular flexibility index (Phi) is 3.42. The van der Waals surface area contributed by atoms with E-state index in [1.165, 1.54) is 0 Å². The van der Waals surface area contributed by atoms with Crippen molar-refractivity contribution in [2.75, 3.05) is 7.11 Å². The molecule has 0 saturated heterocycles. The van der Waals surface area contributed by atoms with Crippen LogP contribution in [-0.2, 0) is 11.2 Å². The first-order valence-electron chi connectivity index (χ1n) is 3.81. The van der Waals surface area contributed by atoms with Gasteiger partial charge in [-0.15, -0.1) is 0 Å². The standard InChI is InChI=1S/C9H10BrNO2/c1-6(12)3-7-4-8(10)5-11-9(7)13-2/h4-5H,3H2,1-2H3. The lowest BCUT2D eigenvalue weighted by Crippen LogP contribution is -2.01. The van der Waals surface area contributed by atoms with Crippen molar-refractivity contribution in [2.45, 2.75) is 13.3 Å². The number of aromatic nitrogens is 1. The van der Waals surface area contributed by atoms with E-state index in [0.717, 1.165) is 10.0 Å². The van der Waals surface area contributed by atoms with Crippen LogP contribution in [0.2, 0.25) is 0 Å². The zero-order chi connectivity index (χ0) is 9.84. The summed E-state index contributed by atoms with van der Waals surface area (Å²) in [5, 5.41) is 0. The van der Waals surface area contributed by atoms with Gasteiger partial charge in [0.05, 0.1) is 7.11 Å². The quantitative estimate of drug-likeness (QED) is 0.816. The van der Waals surface area contributed by atoms with Crippen LogP contribution in [-0.4, -0.2) is 17.9 Å². The summed E-state index contributed by atoms with van der Waals surface area (Å²) in [5.74, 6) is 0.608. The Morgan fingerprint density at radius 2 is 2.38 bits per heavy atom. The molecule has 0 atom stereocenters. The highest BCUT2D eigenvalue weighted by Gasteiger charge is 2.07. The molecule has 0 fully saturated rings. The third kappa shape index (κ3) is 2.81. The number of hydrogen-bond donors (Lipinski definition) is 0. The lowest BCUT2D eigenvalue weighted by atomic mass is 10.1. The van der Waals surface area contributed by atoms with Gasteiger partial charge in [-0.3, -0.25) is 4.79 Å². The summed E-state index contributed by atoms with van der Waals surface area (Å²) in [6, 6.07) is 1.84. The van der Waals surface area contributed by atoms with E-state index in [0.29, 0.717) is 12.3 Å². The minimum Gasteiger partial charge on any atom is -0.481 e. The Hall–Kier alpha value is -0.900. The van der Waals surface area contributed by atoms with Crippen LogP contribution in [0.3, 0.4) is 0 Å². The van der Waals surface area contributed by atoms with Crippen LogP contribution in [0.4, 0.5) is 0 Å². The number of ether oxygens (including phenoxy) is 1. The zero-order valence-corrected chi connectivity index (χ0v) is 9.09. The highest BCUT2D eigenvalue weighted by Crippen LogP contribution is 2.20. The van der Waals surface area contributed by atoms with Crippen LogP contribution in [0.15, 0.2) is 16.7 Å². The van der Waals surface area contributed by atoms with Gasteiger partial charge in [0.1, 0.15) is 5.78 Å². The molecule has 0 aromatic carbocycles. The van der Waals surface area contributed by atoms with Crippen molar-refractivity contribution >= 4 is 21.7 Å². The van der Waals surface area contributed by atoms with E-state index in [1.807, 2.05) is 6.07 Å². The summed E-state index contributed by atoms with van der Waals surface area (Å²) < 4.78 is 5.87. The third-order valence-corrected chi connectivity index (χ3v) is 1.96. The molecule has 4 heteroatoms. The van der Waals surface area contributed by atoms with Crippen LogP contribution in [0.5, 0.6) is 5.88 Å². The van der Waals surface area contributed by atoms with Gasteiger partial charge >= 0.3 is 0 Å². The lowest BCUT2D eigenvalue weighted by Gasteiger charge is -2.05. The van der Waals surface area contributed by atoms with Crippen molar-refractivity contribution in [2.24, 2.45) is 0 Å². The topological polar surface area (TPSA) is 39.2 Å². The van der Waals surface area contributed by atoms with Gasteiger partial charge in [-0.25, -0.2) is 4.98 Å². The van der Waals surface area contributed by atoms with Gasteiger partial charge in [-0.2, -0.15) is 0 Å². The maximum Gasteiger partial charge on any atom is 0.216 e. The number of carbonyl (C=O) groups excluding carboxylic acids is 1. The van der Waals surface area contributed by atoms with Crippen molar-refractivity contribution in [3.05, 3.63) is 22.3 Å². The number of carbonyl (C=O) groups is 1. The predicted molar refractivity (Wildman–Crippen MR) is 52.9 cm³/mol. The molecule has 0 saturated carbocycles. The first-order valence-corrected chi connectivity index (χ1v) is 4.60. The second kappa shape index (κ2) is 4.37. The second-order valence-corrected chi connectivity index (χ2v) is 3.62. The molecular weight excluding hydrogens is 234 g/mol. The van der Waals surface area contributed by atoms with Crippen molar-refractivity contribution < 1.29 is 9.53 Å². The first-order chi connectivity index (χ1) is 6.13. The molecular formula is C9H10BrNO2. The highest BCUT2D eigenvalue weighted by atomic mass is 79.9. The van der Waals surface area contributed by atoms with E-state index in [-0.39, 0.29) is 5.78 Å². The molecule has 0 aliphatic rings. The van der Waals surface area contributed by atoms with E-state index in [1.54, 1.807) is 20.2 Å². The molecule has 0 spiro atoms. The van der Waals surface area contributed by atoms with Gasteiger partial charge in [0.25, 0.3) is 0 Å². The van der Waals surface area contributed by atoms with Gasteiger partial charge in [-0.05, 0) is 28.9 Å². The molecule has 1 aromatic rings. The molecule has 0 unspecified atom stereocenters. The molecule has 0 N–H and O–H groups in total. The summed E-state index contributed by atoms with van der Waals surface area (Å²) in [6.07, 6.45) is 2.00. The van der Waals surface area contributed by atoms with Gasteiger partial charge in [0, 0.05) is 22.7 Å². The largest absolute Gasteiger partial charge is 0.481 e. The Balaban J connectivity index is 3.01. The summed E-state index contributed by atoms with van der Waals surface area (Å²) in [5.41, 5.74) is 0.810. The predicted octanol–water partition coefficient (Wildman–Crippen LogP) is 1.98. The molecule has 13 heavy (non-hydrogen) atoms. The van der Waals surface area contributed by atoms with Gasteiger partial charge in [0.15, 0.2) is 0 Å². The number of methoxy groups -OCH3 is 1. The fraction of sp³-hybridized carbons (Fsp3) is 0.333. The maximum atomic E-state index is 10.9. The first kappa shape index (κ1) is 10.2. The SMILES string of the molecule is COc1ncc(Br)cc1CC(C)=O. The molecule has 0 radical (unpaired) electrons. The van der Waals surface area contributed by atoms with Crippen LogP contribution >= 0.6 is 15.9 Å². The number of ketones is 1. The fourth-order valence-electron chi connectivity index (χ4n) is 1.05. The van der Waals surface area contributed by atoms with Gasteiger partial charge in [0.2, 0.25) is 5.88 Å². The number of Topliss-reactive ketones (excluding diaryl/α,β-unsaturated/α-hetero) is 1. The third-order valence-electron chi connectivity index (χ3n) is 1.52. The Morgan fingerprint density at radius 1 is 1.69 bits per heavy atom. The summed E-state index contributed by atoms with van der Waals surface area (Å²) >= 11 is 3.29. The lowest BCUT2D eigenvalue weighted by molar-refractivity contribution is -0.116. The number of hydrogen-bond acceptors (Lipinski definition) is 3. The summed E-state index contributed by atoms with van der Waals surface area (Å²) in [4.78, 5) is 14.9. The number of pyridine rings is 1. The molecule has 3 nitrogen and oxygen atoms in total. The monoisotopic (exact) mass is 243 g/mol. The molecule has 0 aliphatic heterocycles. The highest BCUT2D eigenvalue weighted by molar-refractivity contribution is 9.10. The molecule has 0 aliphatic carbocycles. The van der Waals surface area contributed by atoms with Crippen LogP contribution in [0.25, 0.3) is 0 Å². The Bertz CT molecular complexity index is 325. The van der Waals surface area contributed by atoms with Crippen LogP contribution < -0.4 is 4.74 Å². The second-order valence-electron chi connectivity index (χ2n) is 2.70. The van der Waals surface area contributed by atoms with E-state index < -0.39 is 0 Å². The van der Waals surface area contributed by atoms with Crippen molar-refractivity contribution in [3.63, 3.8) is 0 Å². The van der Waals surface area contributed by atoms with Gasteiger partial charge in [-0.1, -0.05) is 0 Å². The van der Waals surface area contributed by atoms with E-state index >= 15 is 0 Å². The molecule has 1 heterocycles. The number of rotatable bonds is 3. The average Bonchev–Trinajstić information content (AvgIpc) is 2.03. The van der Waals surface area contributed by atoms with E-state index in [9.17, 15) is 4.79 Å². The van der Waals surface area contributed by atoms with E-state index in [2.05, 4.69) is 20.9 Å². The normalized spacial score (nSPS) is 9.77. The summed E-state index contributed by atoms with van der Waals surface area (Å²) in [6.45, 7) is 1.54. The minimum absolute atomic E-state index is 0.0956. The number of halogens is 1. The zero-order valence-electron chi connectivity index (χ0n) is 7.50. The van der Waals surface area contributed by atoms with Crippen molar-refractivity contribution in [3.8, 4) is 5.88 Å². The summed E-state index contributed by atoms with van der Waals surface area (Å²) in [7, 11) is 1.54. The van der Waals surface area contributed by atoms with Crippen LogP contribution in [0.1, 0.15) is 12.5 Å². The molecule has 0 bridgehead atoms. The maximum absolute atomic E-state index is 10.9. The fourth-order valence-corrected chi connectivity index (χ4v) is 1.43. The number of nitrogens with zero attached hydrogens (tertiary/aromatic N) is 1. The Labute approximate surface area is 85.3 Å². The average molecular weight is 244 g/mol.